The molecule has 1 aliphatic carbocycles. The minimum absolute atomic E-state index is 0.0618. The van der Waals surface area contributed by atoms with E-state index < -0.39 is 21.5 Å². The topological polar surface area (TPSA) is 86.5 Å². The van der Waals surface area contributed by atoms with Crippen molar-refractivity contribution in [2.24, 2.45) is 21.4 Å². The zero-order valence-electron chi connectivity index (χ0n) is 12.7. The van der Waals surface area contributed by atoms with E-state index in [-0.39, 0.29) is 22.6 Å². The Morgan fingerprint density at radius 1 is 1.15 bits per heavy atom. The summed E-state index contributed by atoms with van der Waals surface area (Å²) in [5.74, 6) is -0.572. The van der Waals surface area contributed by atoms with Crippen LogP contribution in [0.15, 0.2) is 0 Å². The van der Waals surface area contributed by atoms with Gasteiger partial charge in [-0.3, -0.25) is 4.79 Å². The highest BCUT2D eigenvalue weighted by Crippen LogP contribution is 2.59. The molecule has 1 aliphatic heterocycles. The highest BCUT2D eigenvalue weighted by molar-refractivity contribution is 7.89. The lowest BCUT2D eigenvalue weighted by Gasteiger charge is -2.51. The predicted molar refractivity (Wildman–Crippen MR) is 76.3 cm³/mol. The van der Waals surface area contributed by atoms with E-state index >= 15 is 0 Å². The number of ether oxygens (including phenoxy) is 1. The summed E-state index contributed by atoms with van der Waals surface area (Å²) in [6, 6.07) is 0. The number of esters is 1. The van der Waals surface area contributed by atoms with Crippen molar-refractivity contribution in [1.29, 1.82) is 0 Å². The molecule has 2 rings (SSSR count). The van der Waals surface area contributed by atoms with Gasteiger partial charge in [0, 0.05) is 5.41 Å². The Bertz CT molecular complexity index is 505. The molecule has 116 valence electrons. The quantitative estimate of drug-likeness (QED) is 0.788. The molecule has 2 N–H and O–H groups in total. The summed E-state index contributed by atoms with van der Waals surface area (Å²) in [6.45, 7) is 8.69. The van der Waals surface area contributed by atoms with Crippen LogP contribution in [0, 0.1) is 16.2 Å². The van der Waals surface area contributed by atoms with E-state index in [4.69, 9.17) is 9.88 Å². The van der Waals surface area contributed by atoms with E-state index in [1.807, 2.05) is 0 Å². The first kappa shape index (κ1) is 15.8. The van der Waals surface area contributed by atoms with Gasteiger partial charge in [-0.2, -0.15) is 0 Å². The molecule has 0 amide bonds. The highest BCUT2D eigenvalue weighted by atomic mass is 32.2. The summed E-state index contributed by atoms with van der Waals surface area (Å²) in [7, 11) is -3.66. The lowest BCUT2D eigenvalue weighted by Crippen LogP contribution is -2.48. The van der Waals surface area contributed by atoms with Crippen molar-refractivity contribution in [1.82, 2.24) is 0 Å². The molecule has 5 nitrogen and oxygen atoms in total. The first-order valence-electron chi connectivity index (χ1n) is 7.03. The molecule has 1 heterocycles. The number of sulfonamides is 1. The molecule has 0 radical (unpaired) electrons. The molecule has 0 aromatic carbocycles. The van der Waals surface area contributed by atoms with Crippen LogP contribution in [0.2, 0.25) is 0 Å². The fourth-order valence-electron chi connectivity index (χ4n) is 4.89. The number of carbonyl (C=O) groups is 1. The van der Waals surface area contributed by atoms with E-state index in [1.165, 1.54) is 0 Å². The smallest absolute Gasteiger partial charge is 0.306 e. The minimum Gasteiger partial charge on any atom is -0.461 e. The number of rotatable bonds is 2. The van der Waals surface area contributed by atoms with Crippen LogP contribution in [0.3, 0.4) is 0 Å². The van der Waals surface area contributed by atoms with Gasteiger partial charge in [0.25, 0.3) is 0 Å². The van der Waals surface area contributed by atoms with E-state index in [1.54, 1.807) is 0 Å². The summed E-state index contributed by atoms with van der Waals surface area (Å²) in [4.78, 5) is 11.8. The molecular formula is C14H25NO4S. The van der Waals surface area contributed by atoms with Gasteiger partial charge in [0.1, 0.15) is 11.9 Å². The number of carbonyl (C=O) groups excluding carboxylic acids is 1. The van der Waals surface area contributed by atoms with Crippen LogP contribution in [0.4, 0.5) is 0 Å². The van der Waals surface area contributed by atoms with Crippen molar-refractivity contribution in [3.05, 3.63) is 0 Å². The first-order valence-corrected chi connectivity index (χ1v) is 8.74. The normalized spacial score (nSPS) is 31.2. The molecule has 6 heteroatoms. The van der Waals surface area contributed by atoms with E-state index in [2.05, 4.69) is 27.7 Å². The third kappa shape index (κ3) is 3.34. The monoisotopic (exact) mass is 303 g/mol. The fourth-order valence-corrected chi connectivity index (χ4v) is 5.73. The van der Waals surface area contributed by atoms with Gasteiger partial charge in [0.05, 0.1) is 6.42 Å². The van der Waals surface area contributed by atoms with Gasteiger partial charge < -0.3 is 4.74 Å². The Morgan fingerprint density at radius 3 is 2.10 bits per heavy atom. The number of cyclic esters (lactones) is 1. The van der Waals surface area contributed by atoms with Crippen LogP contribution >= 0.6 is 0 Å². The fraction of sp³-hybridized carbons (Fsp3) is 0.929. The standard InChI is InChI=1S/C14H25NO4S/c1-12(2)7-13(3,4)9-14(8-12)5-11(16)19-10(14)6-20(15,17)18/h10H,5-9H2,1-4H3,(H2,15,17,18). The first-order chi connectivity index (χ1) is 8.83. The number of primary sulfonamides is 1. The summed E-state index contributed by atoms with van der Waals surface area (Å²) in [6.07, 6.45) is 2.35. The molecule has 1 atom stereocenters. The number of hydrogen-bond donors (Lipinski definition) is 1. The van der Waals surface area contributed by atoms with E-state index in [9.17, 15) is 13.2 Å². The molecule has 2 fully saturated rings. The summed E-state index contributed by atoms with van der Waals surface area (Å²) >= 11 is 0. The molecule has 1 saturated carbocycles. The van der Waals surface area contributed by atoms with Gasteiger partial charge in [-0.15, -0.1) is 0 Å². The SMILES string of the molecule is CC1(C)CC(C)(C)CC2(CC(=O)OC2CS(N)(=O)=O)C1. The van der Waals surface area contributed by atoms with Crippen molar-refractivity contribution < 1.29 is 17.9 Å². The molecular weight excluding hydrogens is 278 g/mol. The Kier molecular flexibility index (Phi) is 3.50. The second-order valence-electron chi connectivity index (χ2n) is 8.21. The second-order valence-corrected chi connectivity index (χ2v) is 9.86. The summed E-state index contributed by atoms with van der Waals surface area (Å²) in [5.41, 5.74) is -0.270. The average Bonchev–Trinajstić information content (AvgIpc) is 2.31. The van der Waals surface area contributed by atoms with Crippen LogP contribution < -0.4 is 5.14 Å². The Morgan fingerprint density at radius 2 is 1.65 bits per heavy atom. The molecule has 1 saturated heterocycles. The zero-order valence-corrected chi connectivity index (χ0v) is 13.5. The van der Waals surface area contributed by atoms with Gasteiger partial charge in [0.2, 0.25) is 10.0 Å². The zero-order chi connectivity index (χ0) is 15.4. The molecule has 0 bridgehead atoms. The number of nitrogens with two attached hydrogens (primary N) is 1. The Hall–Kier alpha value is -0.620. The van der Waals surface area contributed by atoms with Gasteiger partial charge in [0.15, 0.2) is 0 Å². The van der Waals surface area contributed by atoms with E-state index in [0.29, 0.717) is 6.42 Å². The molecule has 2 aliphatic rings. The number of hydrogen-bond acceptors (Lipinski definition) is 4. The predicted octanol–water partition coefficient (Wildman–Crippen LogP) is 1.81. The largest absolute Gasteiger partial charge is 0.461 e. The van der Waals surface area contributed by atoms with Crippen LogP contribution in [0.5, 0.6) is 0 Å². The third-order valence-corrected chi connectivity index (χ3v) is 5.22. The van der Waals surface area contributed by atoms with Crippen molar-refractivity contribution in [2.75, 3.05) is 5.75 Å². The van der Waals surface area contributed by atoms with Crippen LogP contribution in [-0.4, -0.2) is 26.2 Å². The van der Waals surface area contributed by atoms with Gasteiger partial charge in [-0.05, 0) is 30.1 Å². The Balaban J connectivity index is 2.37. The van der Waals surface area contributed by atoms with Crippen molar-refractivity contribution >= 4 is 16.0 Å². The maximum Gasteiger partial charge on any atom is 0.306 e. The summed E-state index contributed by atoms with van der Waals surface area (Å²) < 4.78 is 28.2. The highest BCUT2D eigenvalue weighted by Gasteiger charge is 2.57. The van der Waals surface area contributed by atoms with Crippen LogP contribution in [0.1, 0.15) is 53.4 Å². The van der Waals surface area contributed by atoms with Gasteiger partial charge in [-0.25, -0.2) is 13.6 Å². The van der Waals surface area contributed by atoms with Crippen LogP contribution in [0.25, 0.3) is 0 Å². The minimum atomic E-state index is -3.66. The average molecular weight is 303 g/mol. The third-order valence-electron chi connectivity index (χ3n) is 4.46. The summed E-state index contributed by atoms with van der Waals surface area (Å²) in [5, 5.41) is 5.17. The molecule has 0 aromatic rings. The maximum absolute atomic E-state index is 11.8. The Labute approximate surface area is 121 Å². The van der Waals surface area contributed by atoms with Gasteiger partial charge in [-0.1, -0.05) is 27.7 Å². The van der Waals surface area contributed by atoms with Crippen LogP contribution in [-0.2, 0) is 19.6 Å². The van der Waals surface area contributed by atoms with E-state index in [0.717, 1.165) is 19.3 Å². The van der Waals surface area contributed by atoms with Crippen molar-refractivity contribution in [2.45, 2.75) is 59.5 Å². The van der Waals surface area contributed by atoms with Crippen molar-refractivity contribution in [3.8, 4) is 0 Å². The molecule has 1 unspecified atom stereocenters. The molecule has 0 aromatic heterocycles. The molecule has 1 spiro atoms. The van der Waals surface area contributed by atoms with Gasteiger partial charge >= 0.3 is 5.97 Å². The lowest BCUT2D eigenvalue weighted by molar-refractivity contribution is -0.141. The lowest BCUT2D eigenvalue weighted by atomic mass is 9.53. The second kappa shape index (κ2) is 4.44. The van der Waals surface area contributed by atoms with Crippen molar-refractivity contribution in [3.63, 3.8) is 0 Å². The molecule has 20 heavy (non-hydrogen) atoms. The maximum atomic E-state index is 11.8.